The summed E-state index contributed by atoms with van der Waals surface area (Å²) in [6.07, 6.45) is 3.67. The molecule has 3 aromatic heterocycles. The van der Waals surface area contributed by atoms with Crippen molar-refractivity contribution in [2.45, 2.75) is 96.5 Å². The predicted molar refractivity (Wildman–Crippen MR) is 192 cm³/mol. The van der Waals surface area contributed by atoms with Crippen LogP contribution in [-0.2, 0) is 59.9 Å². The van der Waals surface area contributed by atoms with E-state index in [1.165, 1.54) is 24.7 Å². The second-order valence-electron chi connectivity index (χ2n) is 13.6. The molecule has 20 nitrogen and oxygen atoms in total. The quantitative estimate of drug-likeness (QED) is 0.123. The average molecular weight is 777 g/mol. The van der Waals surface area contributed by atoms with E-state index in [9.17, 15) is 23.9 Å². The van der Waals surface area contributed by atoms with E-state index in [-0.39, 0.29) is 41.6 Å². The van der Waals surface area contributed by atoms with Gasteiger partial charge in [-0.05, 0) is 52.5 Å². The van der Waals surface area contributed by atoms with E-state index in [4.69, 9.17) is 29.3 Å². The Bertz CT molecular complexity index is 2070. The van der Waals surface area contributed by atoms with Crippen LogP contribution in [0.4, 0.5) is 4.39 Å². The van der Waals surface area contributed by atoms with Crippen molar-refractivity contribution in [1.82, 2.24) is 48.4 Å². The van der Waals surface area contributed by atoms with E-state index < -0.39 is 18.0 Å². The Hall–Kier alpha value is -5.25. The van der Waals surface area contributed by atoms with Gasteiger partial charge in [0.15, 0.2) is 0 Å². The number of carboxylic acids is 2. The van der Waals surface area contributed by atoms with Crippen molar-refractivity contribution in [3.8, 4) is 0 Å². The minimum absolute atomic E-state index is 0.0667. The summed E-state index contributed by atoms with van der Waals surface area (Å²) in [5, 5.41) is 37.3. The summed E-state index contributed by atoms with van der Waals surface area (Å²) in [4.78, 5) is 57.0. The third-order valence-electron chi connectivity index (χ3n) is 9.33. The monoisotopic (exact) mass is 776 g/mol. The highest BCUT2D eigenvalue weighted by Gasteiger charge is 2.41. The van der Waals surface area contributed by atoms with E-state index >= 15 is 0 Å². The lowest BCUT2D eigenvalue weighted by atomic mass is 9.99. The number of fused-ring (bicyclic) bond motifs is 2. The number of rotatable bonds is 9. The highest BCUT2D eigenvalue weighted by atomic mass is 19.1. The third-order valence-corrected chi connectivity index (χ3v) is 9.33. The maximum absolute atomic E-state index is 13.8. The number of nitrogens with zero attached hydrogens (tertiary/aromatic N) is 9. The molecule has 3 aliphatic rings. The number of hydrogen-bond donors (Lipinski definition) is 4. The third kappa shape index (κ3) is 11.9. The first kappa shape index (κ1) is 42.5. The molecule has 3 fully saturated rings. The molecular formula is C34H49FN10O10. The summed E-state index contributed by atoms with van der Waals surface area (Å²) >= 11 is 0. The van der Waals surface area contributed by atoms with Gasteiger partial charge in [0.05, 0.1) is 44.6 Å². The molecule has 7 rings (SSSR count). The van der Waals surface area contributed by atoms with Gasteiger partial charge in [-0.15, -0.1) is 0 Å². The Kier molecular flexibility index (Phi) is 14.6. The Labute approximate surface area is 314 Å². The molecular weight excluding hydrogens is 727 g/mol. The summed E-state index contributed by atoms with van der Waals surface area (Å²) in [6.45, 7) is 7.82. The molecule has 0 aliphatic carbocycles. The van der Waals surface area contributed by atoms with Gasteiger partial charge in [-0.2, -0.15) is 15.3 Å². The number of hydrogen-bond acceptors (Lipinski definition) is 12. The van der Waals surface area contributed by atoms with Crippen molar-refractivity contribution in [3.63, 3.8) is 0 Å². The first-order valence-electron chi connectivity index (χ1n) is 17.6. The van der Waals surface area contributed by atoms with Crippen LogP contribution in [0.3, 0.4) is 0 Å². The zero-order valence-electron chi connectivity index (χ0n) is 31.7. The van der Waals surface area contributed by atoms with Gasteiger partial charge in [-0.25, -0.2) is 42.4 Å². The van der Waals surface area contributed by atoms with E-state index in [1.54, 1.807) is 51.7 Å². The molecule has 55 heavy (non-hydrogen) atoms. The molecule has 302 valence electrons. The second kappa shape index (κ2) is 18.9. The molecule has 3 saturated heterocycles. The lowest BCUT2D eigenvalue weighted by molar-refractivity contribution is -0.159. The van der Waals surface area contributed by atoms with Gasteiger partial charge >= 0.3 is 29.0 Å². The predicted octanol–water partition coefficient (Wildman–Crippen LogP) is -0.536. The Morgan fingerprint density at radius 1 is 0.891 bits per heavy atom. The number of epoxide rings is 1. The summed E-state index contributed by atoms with van der Waals surface area (Å²) in [7, 11) is 4.87. The molecule has 4 N–H and O–H groups in total. The Morgan fingerprint density at radius 3 is 1.85 bits per heavy atom. The van der Waals surface area contributed by atoms with Crippen LogP contribution in [0.25, 0.3) is 0 Å². The van der Waals surface area contributed by atoms with Crippen LogP contribution < -0.4 is 17.1 Å². The van der Waals surface area contributed by atoms with Crippen LogP contribution >= 0.6 is 0 Å². The summed E-state index contributed by atoms with van der Waals surface area (Å²) in [6, 6.07) is 7.45. The fraction of sp³-hybridized carbons (Fsp3) is 0.588. The first-order chi connectivity index (χ1) is 25.9. The number of aromatic nitrogens is 9. The molecule has 4 unspecified atom stereocenters. The molecule has 2 bridgehead atoms. The largest absolute Gasteiger partial charge is 0.473 e. The number of halogens is 1. The maximum Gasteiger partial charge on any atom is 0.414 e. The number of aromatic amines is 1. The maximum atomic E-state index is 13.8. The van der Waals surface area contributed by atoms with Gasteiger partial charge in [-0.1, -0.05) is 18.2 Å². The number of aliphatic hydroxyl groups is 1. The number of carbonyl (C=O) groups is 2. The molecule has 1 aromatic carbocycles. The van der Waals surface area contributed by atoms with Crippen LogP contribution in [0, 0.1) is 26.6 Å². The minimum Gasteiger partial charge on any atom is -0.473 e. The molecule has 4 aromatic rings. The molecule has 0 saturated carbocycles. The number of benzene rings is 1. The van der Waals surface area contributed by atoms with Gasteiger partial charge in [0, 0.05) is 45.3 Å². The van der Waals surface area contributed by atoms with Gasteiger partial charge in [0.1, 0.15) is 23.3 Å². The van der Waals surface area contributed by atoms with E-state index in [0.29, 0.717) is 49.0 Å². The zero-order valence-corrected chi connectivity index (χ0v) is 31.7. The molecule has 3 aliphatic heterocycles. The topological polar surface area (TPSA) is 250 Å². The highest BCUT2D eigenvalue weighted by molar-refractivity contribution is 6.27. The first-order valence-corrected chi connectivity index (χ1v) is 17.6. The number of aliphatic carboxylic acids is 2. The van der Waals surface area contributed by atoms with Gasteiger partial charge < -0.3 is 24.8 Å². The van der Waals surface area contributed by atoms with Crippen molar-refractivity contribution in [2.75, 3.05) is 13.2 Å². The number of aryl methyl sites for hydroxylation is 6. The number of H-pyrrole nitrogens is 1. The molecule has 4 atom stereocenters. The summed E-state index contributed by atoms with van der Waals surface area (Å²) < 4.78 is 31.9. The zero-order chi connectivity index (χ0) is 40.6. The lowest BCUT2D eigenvalue weighted by Crippen LogP contribution is -2.49. The Morgan fingerprint density at radius 2 is 1.44 bits per heavy atom. The number of ether oxygens (including phenoxy) is 2. The summed E-state index contributed by atoms with van der Waals surface area (Å²) in [5.41, 5.74) is 0.158. The number of aliphatic hydroxyl groups excluding tert-OH is 1. The lowest BCUT2D eigenvalue weighted by Gasteiger charge is -2.39. The fourth-order valence-corrected chi connectivity index (χ4v) is 6.58. The highest BCUT2D eigenvalue weighted by Crippen LogP contribution is 2.37. The van der Waals surface area contributed by atoms with Crippen molar-refractivity contribution in [3.05, 3.63) is 84.6 Å². The summed E-state index contributed by atoms with van der Waals surface area (Å²) in [5.74, 6) is -1.86. The number of nitrogens with one attached hydrogen (secondary N) is 1. The number of piperidine rings is 1. The number of carboxylic acid groups (broad SMARTS) is 2. The van der Waals surface area contributed by atoms with Crippen LogP contribution in [0.5, 0.6) is 0 Å². The van der Waals surface area contributed by atoms with Crippen LogP contribution in [0.1, 0.15) is 48.7 Å². The van der Waals surface area contributed by atoms with Crippen LogP contribution in [-0.4, -0.2) is 119 Å². The van der Waals surface area contributed by atoms with Gasteiger partial charge in [-0.3, -0.25) is 19.0 Å². The SMILES string of the molecule is Cc1nn(C)c(=O)[nH]1.Cc1nn(C)c(=O)n1CC(O)CN1C2CCC1CC(OCc1ccccc1F)C2.Cc1nn(C)c(=O)n1CC1CO1.O=C(O)C(=O)O. The normalized spacial score (nSPS) is 20.3. The van der Waals surface area contributed by atoms with Crippen LogP contribution in [0.2, 0.25) is 0 Å². The second-order valence-corrected chi connectivity index (χ2v) is 13.6. The van der Waals surface area contributed by atoms with Crippen molar-refractivity contribution >= 4 is 11.9 Å². The van der Waals surface area contributed by atoms with Crippen molar-refractivity contribution in [1.29, 1.82) is 0 Å². The van der Waals surface area contributed by atoms with E-state index in [1.807, 2.05) is 13.0 Å². The molecule has 0 radical (unpaired) electrons. The van der Waals surface area contributed by atoms with Gasteiger partial charge in [0.25, 0.3) is 0 Å². The minimum atomic E-state index is -1.82. The van der Waals surface area contributed by atoms with Crippen molar-refractivity contribution < 1.29 is 38.8 Å². The van der Waals surface area contributed by atoms with Crippen molar-refractivity contribution in [2.24, 2.45) is 21.1 Å². The van der Waals surface area contributed by atoms with E-state index in [2.05, 4.69) is 25.2 Å². The molecule has 21 heteroatoms. The molecule has 0 amide bonds. The Balaban J connectivity index is 0.000000209. The molecule has 6 heterocycles. The van der Waals surface area contributed by atoms with Crippen LogP contribution in [0.15, 0.2) is 38.6 Å². The standard InChI is InChI=1S/C21H29FN4O3.C7H11N3O2.C4H7N3O.C2H2O4/c1-14-23-24(2)21(28)25(14)11-18(27)12-26-16-7-8-17(26)10-19(9-16)29-13-15-5-3-4-6-20(15)22;1-5-8-9(2)7(11)10(5)3-6-4-12-6;1-3-5-4(8)7(2)6-3;3-1(4)2(5)6/h3-6,16-19,27H,7-13H2,1-2H3;6H,3-4H2,1-2H3;1-2H3,(H,5,6,8);(H,3,4)(H,5,6). The van der Waals surface area contributed by atoms with E-state index in [0.717, 1.165) is 38.1 Å². The molecule has 0 spiro atoms. The van der Waals surface area contributed by atoms with Gasteiger partial charge in [0.2, 0.25) is 0 Å². The smallest absolute Gasteiger partial charge is 0.414 e. The average Bonchev–Trinajstić information content (AvgIpc) is 3.74. The fourth-order valence-electron chi connectivity index (χ4n) is 6.58.